The molecular weight excluding hydrogens is 272 g/mol. The van der Waals surface area contributed by atoms with Gasteiger partial charge in [-0.05, 0) is 6.07 Å². The molecule has 0 spiro atoms. The van der Waals surface area contributed by atoms with Crippen LogP contribution in [0, 0.1) is 15.5 Å². The Labute approximate surface area is 114 Å². The van der Waals surface area contributed by atoms with Crippen LogP contribution in [0.3, 0.4) is 0 Å². The number of nitrogens with zero attached hydrogens (tertiary/aromatic N) is 1. The number of nitro groups is 1. The molecule has 1 heterocycles. The maximum Gasteiger partial charge on any atom is 0.407 e. The number of carbonyl (C=O) groups is 1. The first kappa shape index (κ1) is 13.6. The van der Waals surface area contributed by atoms with Crippen molar-refractivity contribution in [2.45, 2.75) is 19.9 Å². The van der Waals surface area contributed by atoms with Crippen LogP contribution in [0.1, 0.15) is 25.5 Å². The van der Waals surface area contributed by atoms with Gasteiger partial charge >= 0.3 is 6.09 Å². The van der Waals surface area contributed by atoms with E-state index in [4.69, 9.17) is 16.3 Å². The number of cyclic esters (lactones) is 1. The Morgan fingerprint density at radius 1 is 1.53 bits per heavy atom. The summed E-state index contributed by atoms with van der Waals surface area (Å²) in [6.07, 6.45) is -0.549. The third kappa shape index (κ3) is 2.63. The van der Waals surface area contributed by atoms with E-state index in [1.165, 1.54) is 18.2 Å². The van der Waals surface area contributed by atoms with Crippen molar-refractivity contribution >= 4 is 23.4 Å². The Kier molecular flexibility index (Phi) is 3.36. The number of nitrogens with one attached hydrogen (secondary N) is 1. The van der Waals surface area contributed by atoms with Crippen molar-refractivity contribution in [1.82, 2.24) is 5.32 Å². The molecule has 0 bridgehead atoms. The monoisotopic (exact) mass is 284 g/mol. The van der Waals surface area contributed by atoms with Crippen LogP contribution in [-0.4, -0.2) is 17.6 Å². The van der Waals surface area contributed by atoms with Gasteiger partial charge in [-0.1, -0.05) is 25.4 Å². The van der Waals surface area contributed by atoms with E-state index in [9.17, 15) is 14.9 Å². The molecule has 1 aliphatic rings. The van der Waals surface area contributed by atoms with Gasteiger partial charge in [0.25, 0.3) is 5.69 Å². The standard InChI is InChI=1S/C12H13ClN2O4/c1-12(2)6-19-11(16)14-10(12)8-5-7(15(17)18)3-4-9(8)13/h3-5,10H,6H2,1-2H3,(H,14,16)/t10-/m1/s1. The van der Waals surface area contributed by atoms with Crippen LogP contribution in [-0.2, 0) is 4.74 Å². The molecule has 0 aliphatic carbocycles. The van der Waals surface area contributed by atoms with Crippen LogP contribution < -0.4 is 5.32 Å². The smallest absolute Gasteiger partial charge is 0.407 e. The lowest BCUT2D eigenvalue weighted by atomic mass is 9.80. The minimum Gasteiger partial charge on any atom is -0.449 e. The van der Waals surface area contributed by atoms with Crippen LogP contribution in [0.15, 0.2) is 18.2 Å². The molecule has 0 unspecified atom stereocenters. The summed E-state index contributed by atoms with van der Waals surface area (Å²) in [5, 5.41) is 13.9. The van der Waals surface area contributed by atoms with Crippen LogP contribution >= 0.6 is 11.6 Å². The minimum atomic E-state index is -0.549. The summed E-state index contributed by atoms with van der Waals surface area (Å²) in [5.74, 6) is 0. The number of carbonyl (C=O) groups excluding carboxylic acids is 1. The molecule has 19 heavy (non-hydrogen) atoms. The molecule has 0 radical (unpaired) electrons. The Bertz CT molecular complexity index is 545. The van der Waals surface area contributed by atoms with E-state index in [1.807, 2.05) is 13.8 Å². The average molecular weight is 285 g/mol. The lowest BCUT2D eigenvalue weighted by Crippen LogP contribution is -2.47. The number of alkyl carbamates (subject to hydrolysis) is 1. The summed E-state index contributed by atoms with van der Waals surface area (Å²) in [4.78, 5) is 21.7. The summed E-state index contributed by atoms with van der Waals surface area (Å²) < 4.78 is 4.94. The number of amides is 1. The molecule has 1 aromatic carbocycles. The van der Waals surface area contributed by atoms with Crippen LogP contribution in [0.25, 0.3) is 0 Å². The van der Waals surface area contributed by atoms with E-state index in [-0.39, 0.29) is 12.3 Å². The second-order valence-corrected chi connectivity index (χ2v) is 5.51. The SMILES string of the molecule is CC1(C)COC(=O)N[C@@H]1c1cc([N+](=O)[O-])ccc1Cl. The van der Waals surface area contributed by atoms with E-state index in [2.05, 4.69) is 5.32 Å². The molecule has 7 heteroatoms. The van der Waals surface area contributed by atoms with Gasteiger partial charge in [-0.25, -0.2) is 4.79 Å². The first-order valence-electron chi connectivity index (χ1n) is 5.68. The van der Waals surface area contributed by atoms with Crippen LogP contribution in [0.2, 0.25) is 5.02 Å². The number of hydrogen-bond acceptors (Lipinski definition) is 4. The first-order valence-corrected chi connectivity index (χ1v) is 6.06. The predicted molar refractivity (Wildman–Crippen MR) is 69.1 cm³/mol. The number of halogens is 1. The molecular formula is C12H13ClN2O4. The van der Waals surface area contributed by atoms with Gasteiger partial charge in [-0.15, -0.1) is 0 Å². The lowest BCUT2D eigenvalue weighted by Gasteiger charge is -2.38. The lowest BCUT2D eigenvalue weighted by molar-refractivity contribution is -0.385. The zero-order valence-electron chi connectivity index (χ0n) is 10.5. The second-order valence-electron chi connectivity index (χ2n) is 5.10. The molecule has 6 nitrogen and oxygen atoms in total. The van der Waals surface area contributed by atoms with Crippen molar-refractivity contribution in [3.8, 4) is 0 Å². The van der Waals surface area contributed by atoms with E-state index in [0.29, 0.717) is 10.6 Å². The summed E-state index contributed by atoms with van der Waals surface area (Å²) in [5.41, 5.74) is 0.0562. The highest BCUT2D eigenvalue weighted by atomic mass is 35.5. The summed E-state index contributed by atoms with van der Waals surface area (Å²) in [7, 11) is 0. The highest BCUT2D eigenvalue weighted by Gasteiger charge is 2.39. The maximum absolute atomic E-state index is 11.4. The molecule has 0 aromatic heterocycles. The summed E-state index contributed by atoms with van der Waals surface area (Å²) in [6, 6.07) is 3.76. The third-order valence-electron chi connectivity index (χ3n) is 3.12. The van der Waals surface area contributed by atoms with Gasteiger partial charge in [0.2, 0.25) is 0 Å². The Hall–Kier alpha value is -1.82. The van der Waals surface area contributed by atoms with Gasteiger partial charge < -0.3 is 10.1 Å². The number of benzene rings is 1. The molecule has 1 atom stereocenters. The Morgan fingerprint density at radius 2 is 2.21 bits per heavy atom. The van der Waals surface area contributed by atoms with Gasteiger partial charge in [0.15, 0.2) is 0 Å². The normalized spacial score (nSPS) is 21.4. The van der Waals surface area contributed by atoms with Gasteiger partial charge in [0, 0.05) is 28.1 Å². The van der Waals surface area contributed by atoms with Crippen molar-refractivity contribution in [3.05, 3.63) is 38.9 Å². The molecule has 1 fully saturated rings. The van der Waals surface area contributed by atoms with Gasteiger partial charge in [0.05, 0.1) is 11.0 Å². The third-order valence-corrected chi connectivity index (χ3v) is 3.46. The average Bonchev–Trinajstić information content (AvgIpc) is 2.33. The summed E-state index contributed by atoms with van der Waals surface area (Å²) >= 11 is 6.09. The summed E-state index contributed by atoms with van der Waals surface area (Å²) in [6.45, 7) is 4.01. The van der Waals surface area contributed by atoms with Crippen molar-refractivity contribution in [3.63, 3.8) is 0 Å². The number of nitro benzene ring substituents is 1. The fourth-order valence-electron chi connectivity index (χ4n) is 2.05. The van der Waals surface area contributed by atoms with E-state index in [0.717, 1.165) is 0 Å². The molecule has 1 aromatic rings. The quantitative estimate of drug-likeness (QED) is 0.668. The molecule has 1 amide bonds. The largest absolute Gasteiger partial charge is 0.449 e. The van der Waals surface area contributed by atoms with Gasteiger partial charge in [-0.2, -0.15) is 0 Å². The molecule has 2 rings (SSSR count). The highest BCUT2D eigenvalue weighted by molar-refractivity contribution is 6.31. The Morgan fingerprint density at radius 3 is 2.84 bits per heavy atom. The van der Waals surface area contributed by atoms with Crippen molar-refractivity contribution < 1.29 is 14.5 Å². The topological polar surface area (TPSA) is 81.5 Å². The van der Waals surface area contributed by atoms with Crippen molar-refractivity contribution in [2.75, 3.05) is 6.61 Å². The minimum absolute atomic E-state index is 0.0593. The van der Waals surface area contributed by atoms with E-state index >= 15 is 0 Å². The zero-order chi connectivity index (χ0) is 14.2. The number of rotatable bonds is 2. The van der Waals surface area contributed by atoms with Crippen LogP contribution in [0.4, 0.5) is 10.5 Å². The van der Waals surface area contributed by atoms with Crippen molar-refractivity contribution in [1.29, 1.82) is 0 Å². The molecule has 1 saturated heterocycles. The zero-order valence-corrected chi connectivity index (χ0v) is 11.2. The molecule has 1 aliphatic heterocycles. The highest BCUT2D eigenvalue weighted by Crippen LogP contribution is 2.40. The fraction of sp³-hybridized carbons (Fsp3) is 0.417. The van der Waals surface area contributed by atoms with Gasteiger partial charge in [0.1, 0.15) is 6.61 Å². The van der Waals surface area contributed by atoms with Gasteiger partial charge in [-0.3, -0.25) is 10.1 Å². The van der Waals surface area contributed by atoms with Crippen LogP contribution in [0.5, 0.6) is 0 Å². The van der Waals surface area contributed by atoms with E-state index < -0.39 is 22.5 Å². The molecule has 102 valence electrons. The Balaban J connectivity index is 2.46. The molecule has 1 N–H and O–H groups in total. The predicted octanol–water partition coefficient (Wildman–Crippen LogP) is 3.06. The maximum atomic E-state index is 11.4. The number of non-ortho nitro benzene ring substituents is 1. The van der Waals surface area contributed by atoms with E-state index in [1.54, 1.807) is 0 Å². The second kappa shape index (κ2) is 4.70. The number of hydrogen-bond donors (Lipinski definition) is 1. The molecule has 0 saturated carbocycles. The fourth-order valence-corrected chi connectivity index (χ4v) is 2.28. The number of ether oxygens (including phenoxy) is 1. The van der Waals surface area contributed by atoms with Crippen molar-refractivity contribution in [2.24, 2.45) is 5.41 Å². The first-order chi connectivity index (χ1) is 8.81.